The highest BCUT2D eigenvalue weighted by Gasteiger charge is 2.38. The van der Waals surface area contributed by atoms with Crippen molar-refractivity contribution < 1.29 is 9.90 Å². The van der Waals surface area contributed by atoms with Gasteiger partial charge in [0, 0.05) is 11.6 Å². The maximum absolute atomic E-state index is 11.6. The molecule has 0 aliphatic heterocycles. The standard InChI is InChI=1S/C11H22N2O2/c1-8(2)12-10(15)9(3)13-11(7-14)5-4-6-11/h8-9,13-14H,4-7H2,1-3H3,(H,12,15). The van der Waals surface area contributed by atoms with Crippen LogP contribution in [0, 0.1) is 0 Å². The molecule has 1 unspecified atom stereocenters. The first-order chi connectivity index (χ1) is 6.99. The predicted molar refractivity (Wildman–Crippen MR) is 59.5 cm³/mol. The highest BCUT2D eigenvalue weighted by atomic mass is 16.3. The van der Waals surface area contributed by atoms with Gasteiger partial charge >= 0.3 is 0 Å². The number of amides is 1. The van der Waals surface area contributed by atoms with E-state index in [2.05, 4.69) is 10.6 Å². The third kappa shape index (κ3) is 3.18. The summed E-state index contributed by atoms with van der Waals surface area (Å²) >= 11 is 0. The van der Waals surface area contributed by atoms with Crippen LogP contribution in [0.1, 0.15) is 40.0 Å². The summed E-state index contributed by atoms with van der Waals surface area (Å²) in [5, 5.41) is 15.3. The minimum absolute atomic E-state index is 0.00438. The molecule has 0 saturated heterocycles. The monoisotopic (exact) mass is 214 g/mol. The molecule has 0 heterocycles. The second kappa shape index (κ2) is 4.94. The molecule has 0 aromatic rings. The van der Waals surface area contributed by atoms with E-state index in [1.807, 2.05) is 20.8 Å². The molecule has 88 valence electrons. The summed E-state index contributed by atoms with van der Waals surface area (Å²) in [7, 11) is 0. The number of hydrogen-bond acceptors (Lipinski definition) is 3. The van der Waals surface area contributed by atoms with Crippen LogP contribution in [0.4, 0.5) is 0 Å². The number of carbonyl (C=O) groups is 1. The van der Waals surface area contributed by atoms with Crippen LogP contribution in [0.5, 0.6) is 0 Å². The summed E-state index contributed by atoms with van der Waals surface area (Å²) < 4.78 is 0. The SMILES string of the molecule is CC(C)NC(=O)C(C)NC1(CO)CCC1. The lowest BCUT2D eigenvalue weighted by Gasteiger charge is -2.43. The molecule has 4 nitrogen and oxygen atoms in total. The number of aliphatic hydroxyl groups is 1. The van der Waals surface area contributed by atoms with Crippen molar-refractivity contribution in [1.29, 1.82) is 0 Å². The maximum Gasteiger partial charge on any atom is 0.237 e. The van der Waals surface area contributed by atoms with E-state index in [1.165, 1.54) is 0 Å². The van der Waals surface area contributed by atoms with Gasteiger partial charge in [-0.05, 0) is 40.0 Å². The highest BCUT2D eigenvalue weighted by molar-refractivity contribution is 5.81. The van der Waals surface area contributed by atoms with Crippen molar-refractivity contribution in [2.24, 2.45) is 0 Å². The third-order valence-electron chi connectivity index (χ3n) is 2.96. The molecule has 1 amide bonds. The van der Waals surface area contributed by atoms with Crippen molar-refractivity contribution in [3.63, 3.8) is 0 Å². The van der Waals surface area contributed by atoms with Crippen LogP contribution >= 0.6 is 0 Å². The van der Waals surface area contributed by atoms with Gasteiger partial charge < -0.3 is 10.4 Å². The van der Waals surface area contributed by atoms with E-state index in [1.54, 1.807) is 0 Å². The molecule has 0 radical (unpaired) electrons. The van der Waals surface area contributed by atoms with Gasteiger partial charge in [0.2, 0.25) is 5.91 Å². The summed E-state index contributed by atoms with van der Waals surface area (Å²) in [6.07, 6.45) is 3.05. The minimum Gasteiger partial charge on any atom is -0.394 e. The van der Waals surface area contributed by atoms with Crippen molar-refractivity contribution in [1.82, 2.24) is 10.6 Å². The Labute approximate surface area is 91.4 Å². The summed E-state index contributed by atoms with van der Waals surface area (Å²) in [6.45, 7) is 5.84. The number of carbonyl (C=O) groups excluding carboxylic acids is 1. The van der Waals surface area contributed by atoms with Gasteiger partial charge in [-0.2, -0.15) is 0 Å². The second-order valence-electron chi connectivity index (χ2n) is 4.82. The Balaban J connectivity index is 2.40. The number of aliphatic hydroxyl groups excluding tert-OH is 1. The molecule has 1 aliphatic rings. The Morgan fingerprint density at radius 1 is 1.40 bits per heavy atom. The zero-order valence-corrected chi connectivity index (χ0v) is 9.84. The molecular weight excluding hydrogens is 192 g/mol. The summed E-state index contributed by atoms with van der Waals surface area (Å²) in [5.41, 5.74) is -0.201. The molecule has 1 aliphatic carbocycles. The second-order valence-corrected chi connectivity index (χ2v) is 4.82. The summed E-state index contributed by atoms with van der Waals surface area (Å²) in [5.74, 6) is 0.00438. The van der Waals surface area contributed by atoms with Crippen LogP contribution in [0.15, 0.2) is 0 Å². The molecular formula is C11H22N2O2. The zero-order chi connectivity index (χ0) is 11.5. The number of rotatable bonds is 5. The van der Waals surface area contributed by atoms with Crippen LogP contribution in [0.2, 0.25) is 0 Å². The van der Waals surface area contributed by atoms with Crippen molar-refractivity contribution in [2.45, 2.75) is 57.7 Å². The lowest BCUT2D eigenvalue weighted by Crippen LogP contribution is -2.60. The number of nitrogens with one attached hydrogen (secondary N) is 2. The largest absolute Gasteiger partial charge is 0.394 e. The van der Waals surface area contributed by atoms with Gasteiger partial charge in [-0.25, -0.2) is 0 Å². The van der Waals surface area contributed by atoms with E-state index < -0.39 is 0 Å². The quantitative estimate of drug-likeness (QED) is 0.621. The molecule has 15 heavy (non-hydrogen) atoms. The van der Waals surface area contributed by atoms with Crippen molar-refractivity contribution in [3.8, 4) is 0 Å². The Bertz CT molecular complexity index is 219. The van der Waals surface area contributed by atoms with Gasteiger partial charge in [-0.1, -0.05) is 0 Å². The average molecular weight is 214 g/mol. The van der Waals surface area contributed by atoms with Gasteiger partial charge in [-0.3, -0.25) is 10.1 Å². The predicted octanol–water partition coefficient (Wildman–Crippen LogP) is 0.404. The van der Waals surface area contributed by atoms with Crippen LogP contribution in [0.3, 0.4) is 0 Å². The van der Waals surface area contributed by atoms with Crippen LogP contribution in [0.25, 0.3) is 0 Å². The fourth-order valence-electron chi connectivity index (χ4n) is 1.89. The third-order valence-corrected chi connectivity index (χ3v) is 2.96. The molecule has 4 heteroatoms. The lowest BCUT2D eigenvalue weighted by molar-refractivity contribution is -0.124. The topological polar surface area (TPSA) is 61.4 Å². The first-order valence-electron chi connectivity index (χ1n) is 5.68. The van der Waals surface area contributed by atoms with Gasteiger partial charge in [-0.15, -0.1) is 0 Å². The Morgan fingerprint density at radius 3 is 2.33 bits per heavy atom. The molecule has 0 bridgehead atoms. The molecule has 0 spiro atoms. The highest BCUT2D eigenvalue weighted by Crippen LogP contribution is 2.31. The van der Waals surface area contributed by atoms with Crippen LogP contribution in [-0.2, 0) is 4.79 Å². The first-order valence-corrected chi connectivity index (χ1v) is 5.68. The summed E-state index contributed by atoms with van der Waals surface area (Å²) in [4.78, 5) is 11.6. The van der Waals surface area contributed by atoms with Gasteiger partial charge in [0.05, 0.1) is 12.6 Å². The normalized spacial score (nSPS) is 20.9. The van der Waals surface area contributed by atoms with Gasteiger partial charge in [0.25, 0.3) is 0 Å². The minimum atomic E-state index is -0.236. The molecule has 0 aromatic carbocycles. The van der Waals surface area contributed by atoms with E-state index in [9.17, 15) is 9.90 Å². The molecule has 3 N–H and O–H groups in total. The zero-order valence-electron chi connectivity index (χ0n) is 9.84. The first kappa shape index (κ1) is 12.5. The van der Waals surface area contributed by atoms with E-state index in [0.29, 0.717) is 0 Å². The van der Waals surface area contributed by atoms with E-state index in [4.69, 9.17) is 0 Å². The van der Waals surface area contributed by atoms with E-state index in [-0.39, 0.29) is 30.1 Å². The van der Waals surface area contributed by atoms with Gasteiger partial charge in [0.15, 0.2) is 0 Å². The molecule has 1 atom stereocenters. The Hall–Kier alpha value is -0.610. The smallest absolute Gasteiger partial charge is 0.237 e. The Kier molecular flexibility index (Phi) is 4.11. The maximum atomic E-state index is 11.6. The van der Waals surface area contributed by atoms with Crippen molar-refractivity contribution in [3.05, 3.63) is 0 Å². The lowest BCUT2D eigenvalue weighted by atomic mass is 9.77. The summed E-state index contributed by atoms with van der Waals surface area (Å²) in [6, 6.07) is -0.0759. The van der Waals surface area contributed by atoms with Crippen LogP contribution in [-0.4, -0.2) is 35.2 Å². The van der Waals surface area contributed by atoms with Crippen molar-refractivity contribution >= 4 is 5.91 Å². The van der Waals surface area contributed by atoms with Crippen LogP contribution < -0.4 is 10.6 Å². The fraction of sp³-hybridized carbons (Fsp3) is 0.909. The Morgan fingerprint density at radius 2 is 2.00 bits per heavy atom. The molecule has 1 fully saturated rings. The van der Waals surface area contributed by atoms with E-state index >= 15 is 0 Å². The average Bonchev–Trinajstić information content (AvgIpc) is 2.09. The fourth-order valence-corrected chi connectivity index (χ4v) is 1.89. The molecule has 1 rings (SSSR count). The molecule has 1 saturated carbocycles. The van der Waals surface area contributed by atoms with Gasteiger partial charge in [0.1, 0.15) is 0 Å². The van der Waals surface area contributed by atoms with Crippen molar-refractivity contribution in [2.75, 3.05) is 6.61 Å². The van der Waals surface area contributed by atoms with E-state index in [0.717, 1.165) is 19.3 Å². The number of hydrogen-bond donors (Lipinski definition) is 3. The molecule has 0 aromatic heterocycles.